The van der Waals surface area contributed by atoms with E-state index in [-0.39, 0.29) is 23.8 Å². The van der Waals surface area contributed by atoms with Crippen LogP contribution < -0.4 is 4.74 Å². The van der Waals surface area contributed by atoms with E-state index >= 15 is 0 Å². The Morgan fingerprint density at radius 3 is 2.71 bits per heavy atom. The molecule has 0 spiro atoms. The van der Waals surface area contributed by atoms with Crippen molar-refractivity contribution in [3.8, 4) is 16.3 Å². The van der Waals surface area contributed by atoms with E-state index in [2.05, 4.69) is 16.8 Å². The number of benzene rings is 2. The fourth-order valence-corrected chi connectivity index (χ4v) is 5.58. The van der Waals surface area contributed by atoms with Gasteiger partial charge in [-0.3, -0.25) is 4.79 Å². The van der Waals surface area contributed by atoms with Crippen LogP contribution in [0.5, 0.6) is 5.75 Å². The Bertz CT molecular complexity index is 1080. The summed E-state index contributed by atoms with van der Waals surface area (Å²) >= 11 is 1.54. The molecule has 3 aromatic rings. The number of carbonyl (C=O) groups is 1. The van der Waals surface area contributed by atoms with Crippen LogP contribution in [0.1, 0.15) is 35.7 Å². The van der Waals surface area contributed by atoms with E-state index < -0.39 is 0 Å². The van der Waals surface area contributed by atoms with Gasteiger partial charge in [0.1, 0.15) is 23.2 Å². The number of amides is 1. The molecule has 3 fully saturated rings. The molecular weight excluding hydrogens is 411 g/mol. The number of aryl methyl sites for hydroxylation is 1. The first-order valence-corrected chi connectivity index (χ1v) is 11.6. The van der Waals surface area contributed by atoms with E-state index in [1.165, 1.54) is 12.1 Å². The summed E-state index contributed by atoms with van der Waals surface area (Å²) < 4.78 is 19.2. The molecule has 2 aliphatic heterocycles. The molecule has 3 heterocycles. The Morgan fingerprint density at radius 1 is 1.23 bits per heavy atom. The molecule has 6 rings (SSSR count). The Balaban J connectivity index is 1.45. The largest absolute Gasteiger partial charge is 0.491 e. The Hall–Kier alpha value is -2.73. The molecule has 2 aromatic carbocycles. The van der Waals surface area contributed by atoms with Gasteiger partial charge in [0, 0.05) is 23.2 Å². The van der Waals surface area contributed by atoms with E-state index in [1.807, 2.05) is 30.5 Å². The smallest absolute Gasteiger partial charge is 0.255 e. The number of thiazole rings is 1. The minimum atomic E-state index is -0.286. The van der Waals surface area contributed by atoms with Crippen molar-refractivity contribution in [3.63, 3.8) is 0 Å². The number of fused-ring (bicyclic) bond motifs is 2. The highest BCUT2D eigenvalue weighted by Crippen LogP contribution is 2.47. The molecule has 2 saturated heterocycles. The second-order valence-corrected chi connectivity index (χ2v) is 9.57. The van der Waals surface area contributed by atoms with Crippen LogP contribution in [0.2, 0.25) is 0 Å². The molecule has 2 bridgehead atoms. The normalized spacial score (nSPS) is 24.5. The monoisotopic (exact) mass is 436 g/mol. The van der Waals surface area contributed by atoms with Crippen LogP contribution in [-0.2, 0) is 0 Å². The molecule has 1 aliphatic carbocycles. The second kappa shape index (κ2) is 8.08. The van der Waals surface area contributed by atoms with E-state index in [0.29, 0.717) is 29.8 Å². The average Bonchev–Trinajstić information content (AvgIpc) is 3.27. The lowest BCUT2D eigenvalue weighted by atomic mass is 9.64. The lowest BCUT2D eigenvalue weighted by Crippen LogP contribution is -2.64. The second-order valence-electron chi connectivity index (χ2n) is 8.68. The van der Waals surface area contributed by atoms with Crippen LogP contribution in [0.3, 0.4) is 0 Å². The molecule has 1 amide bonds. The summed E-state index contributed by atoms with van der Waals surface area (Å²) in [7, 11) is 0. The molecule has 0 N–H and O–H groups in total. The van der Waals surface area contributed by atoms with E-state index in [1.54, 1.807) is 29.7 Å². The van der Waals surface area contributed by atoms with Gasteiger partial charge in [-0.15, -0.1) is 11.3 Å². The maximum atomic E-state index is 13.9. The molecule has 1 aromatic heterocycles. The third-order valence-electron chi connectivity index (χ3n) is 6.79. The lowest BCUT2D eigenvalue weighted by Gasteiger charge is -2.57. The van der Waals surface area contributed by atoms with Gasteiger partial charge in [0.25, 0.3) is 5.91 Å². The zero-order valence-corrected chi connectivity index (χ0v) is 18.4. The summed E-state index contributed by atoms with van der Waals surface area (Å²) in [5.74, 6) is 1.37. The predicted octanol–water partition coefficient (Wildman–Crippen LogP) is 5.58. The van der Waals surface area contributed by atoms with Gasteiger partial charge in [-0.1, -0.05) is 24.6 Å². The summed E-state index contributed by atoms with van der Waals surface area (Å²) in [6.45, 7) is 4.64. The molecule has 6 heteroatoms. The number of nitrogens with zero attached hydrogens (tertiary/aromatic N) is 2. The number of carbonyl (C=O) groups excluding carboxylic acids is 1. The number of hydrogen-bond acceptors (Lipinski definition) is 4. The molecule has 2 atom stereocenters. The van der Waals surface area contributed by atoms with Crippen molar-refractivity contribution in [1.82, 2.24) is 9.88 Å². The van der Waals surface area contributed by atoms with Gasteiger partial charge in [-0.05, 0) is 61.9 Å². The first-order valence-electron chi connectivity index (χ1n) is 10.7. The molecule has 160 valence electrons. The van der Waals surface area contributed by atoms with Gasteiger partial charge in [-0.2, -0.15) is 0 Å². The molecule has 4 nitrogen and oxygen atoms in total. The van der Waals surface area contributed by atoms with Gasteiger partial charge in [0.2, 0.25) is 0 Å². The molecule has 1 saturated carbocycles. The maximum absolute atomic E-state index is 13.9. The van der Waals surface area contributed by atoms with E-state index in [9.17, 15) is 9.18 Å². The lowest BCUT2D eigenvalue weighted by molar-refractivity contribution is -0.0670. The zero-order chi connectivity index (χ0) is 21.5. The van der Waals surface area contributed by atoms with E-state index in [0.717, 1.165) is 29.0 Å². The SMILES string of the molecule is Cc1ccc(-c2nccs2)c(C(=O)N2C3CC(C3)[C@H](C)C2COc2ccc(F)cc2)c1. The summed E-state index contributed by atoms with van der Waals surface area (Å²) in [5.41, 5.74) is 2.65. The number of rotatable bonds is 5. The third-order valence-corrected chi connectivity index (χ3v) is 7.59. The molecule has 31 heavy (non-hydrogen) atoms. The number of hydrogen-bond donors (Lipinski definition) is 0. The number of aromatic nitrogens is 1. The number of halogens is 1. The zero-order valence-electron chi connectivity index (χ0n) is 17.6. The van der Waals surface area contributed by atoms with Crippen molar-refractivity contribution in [2.24, 2.45) is 11.8 Å². The Morgan fingerprint density at radius 2 is 2.00 bits per heavy atom. The molecule has 3 aliphatic rings. The average molecular weight is 437 g/mol. The number of piperidine rings is 2. The molecule has 1 unspecified atom stereocenters. The van der Waals surface area contributed by atoms with E-state index in [4.69, 9.17) is 4.74 Å². The Kier molecular flexibility index (Phi) is 5.26. The quantitative estimate of drug-likeness (QED) is 0.525. The predicted molar refractivity (Wildman–Crippen MR) is 120 cm³/mol. The molecular formula is C25H25FN2O2S. The fraction of sp³-hybridized carbons (Fsp3) is 0.360. The van der Waals surface area contributed by atoms with Gasteiger partial charge in [-0.25, -0.2) is 9.37 Å². The topological polar surface area (TPSA) is 42.4 Å². The van der Waals surface area contributed by atoms with Crippen LogP contribution in [0.15, 0.2) is 54.0 Å². The van der Waals surface area contributed by atoms with Crippen molar-refractivity contribution in [1.29, 1.82) is 0 Å². The summed E-state index contributed by atoms with van der Waals surface area (Å²) in [6, 6.07) is 12.3. The number of ether oxygens (including phenoxy) is 1. The van der Waals surface area contributed by atoms with Gasteiger partial charge in [0.15, 0.2) is 0 Å². The van der Waals surface area contributed by atoms with Crippen molar-refractivity contribution in [2.45, 2.75) is 38.8 Å². The summed E-state index contributed by atoms with van der Waals surface area (Å²) in [4.78, 5) is 20.4. The highest BCUT2D eigenvalue weighted by atomic mass is 32.1. The summed E-state index contributed by atoms with van der Waals surface area (Å²) in [5, 5.41) is 2.79. The van der Waals surface area contributed by atoms with Gasteiger partial charge in [0.05, 0.1) is 11.6 Å². The van der Waals surface area contributed by atoms with Gasteiger partial charge < -0.3 is 9.64 Å². The first kappa shape index (κ1) is 20.2. The van der Waals surface area contributed by atoms with Crippen LogP contribution in [0.4, 0.5) is 4.39 Å². The van der Waals surface area contributed by atoms with Crippen molar-refractivity contribution >= 4 is 17.2 Å². The first-order chi connectivity index (χ1) is 15.0. The summed E-state index contributed by atoms with van der Waals surface area (Å²) in [6.07, 6.45) is 3.88. The van der Waals surface area contributed by atoms with Crippen LogP contribution in [-0.4, -0.2) is 34.5 Å². The third kappa shape index (κ3) is 3.74. The highest BCUT2D eigenvalue weighted by Gasteiger charge is 2.51. The fourth-order valence-electron chi connectivity index (χ4n) is 4.90. The van der Waals surface area contributed by atoms with Crippen molar-refractivity contribution in [2.75, 3.05) is 6.61 Å². The Labute approximate surface area is 185 Å². The standard InChI is InChI=1S/C25H25FN2O2S/c1-15-3-8-21(24-27-9-10-31-24)22(11-15)25(29)28-19-12-17(13-19)16(2)23(28)14-30-20-6-4-18(26)5-7-20/h3-11,16-17,19,23H,12-14H2,1-2H3/t16-,17?,19?,23?/m0/s1. The molecule has 0 radical (unpaired) electrons. The van der Waals surface area contributed by atoms with Crippen molar-refractivity contribution < 1.29 is 13.9 Å². The van der Waals surface area contributed by atoms with Crippen LogP contribution in [0, 0.1) is 24.6 Å². The minimum absolute atomic E-state index is 0.0142. The maximum Gasteiger partial charge on any atom is 0.255 e. The van der Waals surface area contributed by atoms with Gasteiger partial charge >= 0.3 is 0 Å². The van der Waals surface area contributed by atoms with Crippen molar-refractivity contribution in [3.05, 3.63) is 71.0 Å². The van der Waals surface area contributed by atoms with Crippen LogP contribution >= 0.6 is 11.3 Å². The minimum Gasteiger partial charge on any atom is -0.491 e. The van der Waals surface area contributed by atoms with Crippen LogP contribution in [0.25, 0.3) is 10.6 Å². The highest BCUT2D eigenvalue weighted by molar-refractivity contribution is 7.13.